The molecule has 1 unspecified atom stereocenters. The molecule has 0 aromatic carbocycles. The van der Waals surface area contributed by atoms with Crippen molar-refractivity contribution in [2.75, 3.05) is 6.54 Å². The monoisotopic (exact) mass is 181 g/mol. The molecule has 2 rings (SSSR count). The van der Waals surface area contributed by atoms with Gasteiger partial charge in [0.2, 0.25) is 0 Å². The average Bonchev–Trinajstić information content (AvgIpc) is 2.58. The summed E-state index contributed by atoms with van der Waals surface area (Å²) in [6.07, 6.45) is 1.54. The summed E-state index contributed by atoms with van der Waals surface area (Å²) in [7, 11) is 1.86. The molecule has 1 aromatic rings. The van der Waals surface area contributed by atoms with Crippen LogP contribution in [0.3, 0.4) is 0 Å². The third kappa shape index (κ3) is 1.48. The Morgan fingerprint density at radius 1 is 1.62 bits per heavy atom. The summed E-state index contributed by atoms with van der Waals surface area (Å²) in [5, 5.41) is 4.19. The van der Waals surface area contributed by atoms with Gasteiger partial charge in [-0.05, 0) is 6.92 Å². The topological polar surface area (TPSA) is 30.2 Å². The highest BCUT2D eigenvalue weighted by atomic mass is 19.1. The van der Waals surface area contributed by atoms with Crippen molar-refractivity contribution in [1.29, 1.82) is 0 Å². The van der Waals surface area contributed by atoms with Gasteiger partial charge in [0.25, 0.3) is 0 Å². The summed E-state index contributed by atoms with van der Waals surface area (Å²) in [5.41, 5.74) is 2.77. The summed E-state index contributed by atoms with van der Waals surface area (Å²) in [6.45, 7) is 2.23. The predicted octanol–water partition coefficient (Wildman–Crippen LogP) is 1.26. The van der Waals surface area contributed by atoms with Crippen molar-refractivity contribution in [3.8, 4) is 0 Å². The molecule has 70 valence electrons. The second-order valence-corrected chi connectivity index (χ2v) is 3.39. The van der Waals surface area contributed by atoms with E-state index in [1.165, 1.54) is 0 Å². The Kier molecular flexibility index (Phi) is 1.90. The fourth-order valence-electron chi connectivity index (χ4n) is 1.63. The first kappa shape index (κ1) is 8.41. The molecular weight excluding hydrogens is 169 g/mol. The van der Waals surface area contributed by atoms with Crippen LogP contribution in [0.5, 0.6) is 0 Å². The first-order valence-corrected chi connectivity index (χ1v) is 4.35. The Labute approximate surface area is 76.3 Å². The van der Waals surface area contributed by atoms with E-state index in [0.29, 0.717) is 13.0 Å². The number of aryl methyl sites for hydroxylation is 2. The zero-order valence-electron chi connectivity index (χ0n) is 7.79. The molecule has 0 saturated heterocycles. The summed E-state index contributed by atoms with van der Waals surface area (Å²) in [6, 6.07) is 0. The Morgan fingerprint density at radius 3 is 2.85 bits per heavy atom. The van der Waals surface area contributed by atoms with Crippen LogP contribution in [0.25, 0.3) is 0 Å². The molecule has 1 atom stereocenters. The molecule has 0 amide bonds. The Bertz CT molecular complexity index is 354. The van der Waals surface area contributed by atoms with E-state index in [-0.39, 0.29) is 0 Å². The minimum Gasteiger partial charge on any atom is -0.286 e. The van der Waals surface area contributed by atoms with Crippen LogP contribution in [0.4, 0.5) is 4.39 Å². The van der Waals surface area contributed by atoms with Gasteiger partial charge < -0.3 is 0 Å². The van der Waals surface area contributed by atoms with Gasteiger partial charge in [-0.1, -0.05) is 0 Å². The number of aromatic nitrogens is 2. The predicted molar refractivity (Wildman–Crippen MR) is 48.9 cm³/mol. The molecule has 4 heteroatoms. The maximum atomic E-state index is 12.9. The lowest BCUT2D eigenvalue weighted by molar-refractivity contribution is 0.367. The third-order valence-corrected chi connectivity index (χ3v) is 2.22. The molecule has 2 heterocycles. The van der Waals surface area contributed by atoms with E-state index in [1.54, 1.807) is 4.68 Å². The number of alkyl halides is 1. The lowest BCUT2D eigenvalue weighted by atomic mass is 10.1. The van der Waals surface area contributed by atoms with E-state index in [9.17, 15) is 4.39 Å². The molecule has 1 aliphatic heterocycles. The van der Waals surface area contributed by atoms with Crippen molar-refractivity contribution in [1.82, 2.24) is 9.78 Å². The van der Waals surface area contributed by atoms with Crippen LogP contribution in [-0.4, -0.2) is 28.2 Å². The fraction of sp³-hybridized carbons (Fsp3) is 0.556. The van der Waals surface area contributed by atoms with Gasteiger partial charge in [-0.15, -0.1) is 0 Å². The molecule has 13 heavy (non-hydrogen) atoms. The molecule has 0 fully saturated rings. The maximum Gasteiger partial charge on any atom is 0.125 e. The van der Waals surface area contributed by atoms with E-state index in [4.69, 9.17) is 0 Å². The van der Waals surface area contributed by atoms with E-state index >= 15 is 0 Å². The number of nitrogens with zero attached hydrogens (tertiary/aromatic N) is 3. The summed E-state index contributed by atoms with van der Waals surface area (Å²) < 4.78 is 14.6. The van der Waals surface area contributed by atoms with Crippen molar-refractivity contribution in [3.63, 3.8) is 0 Å². The number of halogens is 1. The largest absolute Gasteiger partial charge is 0.286 e. The van der Waals surface area contributed by atoms with Crippen molar-refractivity contribution in [2.45, 2.75) is 19.5 Å². The molecule has 0 saturated carbocycles. The first-order chi connectivity index (χ1) is 6.16. The normalized spacial score (nSPS) is 22.1. The van der Waals surface area contributed by atoms with Gasteiger partial charge in [0.1, 0.15) is 6.17 Å². The average molecular weight is 181 g/mol. The lowest BCUT2D eigenvalue weighted by Gasteiger charge is -1.96. The van der Waals surface area contributed by atoms with Gasteiger partial charge in [0, 0.05) is 30.9 Å². The zero-order chi connectivity index (χ0) is 9.42. The summed E-state index contributed by atoms with van der Waals surface area (Å²) in [4.78, 5) is 4.15. The lowest BCUT2D eigenvalue weighted by Crippen LogP contribution is -2.02. The van der Waals surface area contributed by atoms with Crippen molar-refractivity contribution in [2.24, 2.45) is 12.0 Å². The van der Waals surface area contributed by atoms with Gasteiger partial charge in [0.15, 0.2) is 0 Å². The van der Waals surface area contributed by atoms with Crippen molar-refractivity contribution >= 4 is 5.71 Å². The highest BCUT2D eigenvalue weighted by Crippen LogP contribution is 2.17. The van der Waals surface area contributed by atoms with Gasteiger partial charge in [-0.25, -0.2) is 4.39 Å². The first-order valence-electron chi connectivity index (χ1n) is 4.35. The van der Waals surface area contributed by atoms with E-state index in [1.807, 2.05) is 20.2 Å². The van der Waals surface area contributed by atoms with Crippen LogP contribution in [0, 0.1) is 6.92 Å². The van der Waals surface area contributed by atoms with Crippen LogP contribution in [-0.2, 0) is 7.05 Å². The highest BCUT2D eigenvalue weighted by molar-refractivity contribution is 6.02. The zero-order valence-corrected chi connectivity index (χ0v) is 7.79. The van der Waals surface area contributed by atoms with Crippen LogP contribution in [0.2, 0.25) is 0 Å². The second-order valence-electron chi connectivity index (χ2n) is 3.39. The number of aliphatic imine (C=N–C) groups is 1. The maximum absolute atomic E-state index is 12.9. The highest BCUT2D eigenvalue weighted by Gasteiger charge is 2.21. The summed E-state index contributed by atoms with van der Waals surface area (Å²) >= 11 is 0. The smallest absolute Gasteiger partial charge is 0.125 e. The number of hydrogen-bond donors (Lipinski definition) is 0. The molecule has 1 aliphatic rings. The minimum atomic E-state index is -0.797. The molecule has 0 radical (unpaired) electrons. The fourth-order valence-corrected chi connectivity index (χ4v) is 1.63. The van der Waals surface area contributed by atoms with Gasteiger partial charge in [-0.3, -0.25) is 9.67 Å². The Balaban J connectivity index is 2.31. The van der Waals surface area contributed by atoms with Gasteiger partial charge in [0.05, 0.1) is 12.2 Å². The SMILES string of the molecule is Cc1nn(C)cc1C1=NCC(F)C1. The molecule has 0 N–H and O–H groups in total. The molecule has 0 aliphatic carbocycles. The van der Waals surface area contributed by atoms with Crippen molar-refractivity contribution in [3.05, 3.63) is 17.5 Å². The molecular formula is C9H12FN3. The Hall–Kier alpha value is -1.19. The van der Waals surface area contributed by atoms with Crippen LogP contribution in [0.15, 0.2) is 11.2 Å². The molecule has 3 nitrogen and oxygen atoms in total. The van der Waals surface area contributed by atoms with Gasteiger partial charge >= 0.3 is 0 Å². The Morgan fingerprint density at radius 2 is 2.38 bits per heavy atom. The van der Waals surface area contributed by atoms with E-state index < -0.39 is 6.17 Å². The van der Waals surface area contributed by atoms with E-state index in [0.717, 1.165) is 17.0 Å². The van der Waals surface area contributed by atoms with E-state index in [2.05, 4.69) is 10.1 Å². The number of hydrogen-bond acceptors (Lipinski definition) is 2. The molecule has 0 spiro atoms. The van der Waals surface area contributed by atoms with Crippen LogP contribution < -0.4 is 0 Å². The van der Waals surface area contributed by atoms with Crippen molar-refractivity contribution < 1.29 is 4.39 Å². The van der Waals surface area contributed by atoms with Crippen LogP contribution >= 0.6 is 0 Å². The number of rotatable bonds is 1. The summed E-state index contributed by atoms with van der Waals surface area (Å²) in [5.74, 6) is 0. The van der Waals surface area contributed by atoms with Crippen LogP contribution in [0.1, 0.15) is 17.7 Å². The quantitative estimate of drug-likeness (QED) is 0.641. The third-order valence-electron chi connectivity index (χ3n) is 2.22. The van der Waals surface area contributed by atoms with Gasteiger partial charge in [-0.2, -0.15) is 5.10 Å². The minimum absolute atomic E-state index is 0.309. The molecule has 1 aromatic heterocycles. The molecule has 0 bridgehead atoms. The standard InChI is InChI=1S/C9H12FN3/c1-6-8(5-13(2)12-6)9-3-7(10)4-11-9/h5,7H,3-4H2,1-2H3. The second kappa shape index (κ2) is 2.94.